The van der Waals surface area contributed by atoms with Crippen molar-refractivity contribution in [3.05, 3.63) is 29.3 Å². The maximum Gasteiger partial charge on any atom is 0.336 e. The van der Waals surface area contributed by atoms with Crippen molar-refractivity contribution in [2.45, 2.75) is 20.3 Å². The van der Waals surface area contributed by atoms with E-state index in [9.17, 15) is 4.79 Å². The van der Waals surface area contributed by atoms with Gasteiger partial charge in [-0.25, -0.2) is 4.79 Å². The molecule has 0 aliphatic carbocycles. The lowest BCUT2D eigenvalue weighted by molar-refractivity contribution is 0.0695. The van der Waals surface area contributed by atoms with Crippen molar-refractivity contribution in [2.24, 2.45) is 5.92 Å². The Kier molecular flexibility index (Phi) is 3.72. The monoisotopic (exact) mass is 208 g/mol. The van der Waals surface area contributed by atoms with E-state index in [0.717, 1.165) is 12.0 Å². The molecule has 0 radical (unpaired) electrons. The average molecular weight is 208 g/mol. The Bertz CT molecular complexity index is 356. The minimum atomic E-state index is -0.899. The van der Waals surface area contributed by atoms with Gasteiger partial charge in [-0.1, -0.05) is 19.9 Å². The number of benzene rings is 1. The Labute approximate surface area is 89.7 Å². The topological polar surface area (TPSA) is 46.5 Å². The van der Waals surface area contributed by atoms with Crippen LogP contribution in [0.4, 0.5) is 0 Å². The lowest BCUT2D eigenvalue weighted by Crippen LogP contribution is -2.05. The molecule has 0 spiro atoms. The summed E-state index contributed by atoms with van der Waals surface area (Å²) in [6.07, 6.45) is 0.769. The van der Waals surface area contributed by atoms with Gasteiger partial charge >= 0.3 is 5.97 Å². The van der Waals surface area contributed by atoms with Crippen LogP contribution in [0.1, 0.15) is 29.8 Å². The minimum absolute atomic E-state index is 0.336. The lowest BCUT2D eigenvalue weighted by atomic mass is 9.98. The van der Waals surface area contributed by atoms with E-state index in [1.807, 2.05) is 6.07 Å². The summed E-state index contributed by atoms with van der Waals surface area (Å²) in [4.78, 5) is 11.0. The summed E-state index contributed by atoms with van der Waals surface area (Å²) in [6.45, 7) is 4.13. The molecule has 15 heavy (non-hydrogen) atoms. The fourth-order valence-electron chi connectivity index (χ4n) is 1.50. The molecule has 1 rings (SSSR count). The molecule has 3 nitrogen and oxygen atoms in total. The molecule has 0 bridgehead atoms. The van der Waals surface area contributed by atoms with Crippen LogP contribution in [0.25, 0.3) is 0 Å². The molecule has 0 unspecified atom stereocenters. The molecule has 0 aliphatic heterocycles. The number of hydrogen-bond donors (Lipinski definition) is 1. The first-order valence-electron chi connectivity index (χ1n) is 4.94. The van der Waals surface area contributed by atoms with E-state index in [1.54, 1.807) is 12.1 Å². The molecule has 82 valence electrons. The molecular weight excluding hydrogens is 192 g/mol. The van der Waals surface area contributed by atoms with Gasteiger partial charge in [0.15, 0.2) is 0 Å². The van der Waals surface area contributed by atoms with Crippen LogP contribution in [0.15, 0.2) is 18.2 Å². The van der Waals surface area contributed by atoms with E-state index in [-0.39, 0.29) is 0 Å². The maximum atomic E-state index is 11.0. The van der Waals surface area contributed by atoms with Gasteiger partial charge in [-0.2, -0.15) is 0 Å². The molecule has 0 heterocycles. The highest BCUT2D eigenvalue weighted by Gasteiger charge is 2.12. The van der Waals surface area contributed by atoms with Gasteiger partial charge in [0.1, 0.15) is 5.75 Å². The predicted octanol–water partition coefficient (Wildman–Crippen LogP) is 2.59. The molecule has 1 aromatic rings. The average Bonchev–Trinajstić information content (AvgIpc) is 2.17. The standard InChI is InChI=1S/C12H16O3/c1-8(2)6-9-4-5-10(15-3)7-11(9)12(13)14/h4-5,7-8H,6H2,1-3H3,(H,13,14). The fraction of sp³-hybridized carbons (Fsp3) is 0.417. The second kappa shape index (κ2) is 4.82. The first-order chi connectivity index (χ1) is 7.04. The number of aromatic carboxylic acids is 1. The van der Waals surface area contributed by atoms with Crippen LogP contribution in [0.2, 0.25) is 0 Å². The number of carboxylic acid groups (broad SMARTS) is 1. The third-order valence-electron chi connectivity index (χ3n) is 2.18. The van der Waals surface area contributed by atoms with Gasteiger partial charge in [0.05, 0.1) is 12.7 Å². The van der Waals surface area contributed by atoms with Crippen molar-refractivity contribution in [1.29, 1.82) is 0 Å². The third-order valence-corrected chi connectivity index (χ3v) is 2.18. The van der Waals surface area contributed by atoms with E-state index in [4.69, 9.17) is 9.84 Å². The van der Waals surface area contributed by atoms with Gasteiger partial charge in [0, 0.05) is 0 Å². The van der Waals surface area contributed by atoms with Crippen LogP contribution < -0.4 is 4.74 Å². The summed E-state index contributed by atoms with van der Waals surface area (Å²) in [5.41, 5.74) is 1.20. The third kappa shape index (κ3) is 2.98. The maximum absolute atomic E-state index is 11.0. The smallest absolute Gasteiger partial charge is 0.336 e. The van der Waals surface area contributed by atoms with Crippen molar-refractivity contribution in [2.75, 3.05) is 7.11 Å². The SMILES string of the molecule is COc1ccc(CC(C)C)c(C(=O)O)c1. The van der Waals surface area contributed by atoms with E-state index >= 15 is 0 Å². The molecular formula is C12H16O3. The van der Waals surface area contributed by atoms with E-state index < -0.39 is 5.97 Å². The molecule has 1 N–H and O–H groups in total. The summed E-state index contributed by atoms with van der Waals surface area (Å²) in [7, 11) is 1.53. The summed E-state index contributed by atoms with van der Waals surface area (Å²) in [5.74, 6) is 0.126. The summed E-state index contributed by atoms with van der Waals surface area (Å²) >= 11 is 0. The quantitative estimate of drug-likeness (QED) is 0.827. The van der Waals surface area contributed by atoms with Crippen molar-refractivity contribution < 1.29 is 14.6 Å². The van der Waals surface area contributed by atoms with E-state index in [2.05, 4.69) is 13.8 Å². The van der Waals surface area contributed by atoms with Crippen LogP contribution >= 0.6 is 0 Å². The van der Waals surface area contributed by atoms with Gasteiger partial charge in [-0.15, -0.1) is 0 Å². The number of carboxylic acids is 1. The zero-order valence-electron chi connectivity index (χ0n) is 9.28. The van der Waals surface area contributed by atoms with Crippen LogP contribution in [-0.2, 0) is 6.42 Å². The van der Waals surface area contributed by atoms with Gasteiger partial charge in [-0.3, -0.25) is 0 Å². The number of methoxy groups -OCH3 is 1. The molecule has 0 fully saturated rings. The second-order valence-corrected chi connectivity index (χ2v) is 3.93. The highest BCUT2D eigenvalue weighted by molar-refractivity contribution is 5.89. The predicted molar refractivity (Wildman–Crippen MR) is 58.5 cm³/mol. The fourth-order valence-corrected chi connectivity index (χ4v) is 1.50. The van der Waals surface area contributed by atoms with Crippen LogP contribution in [0.5, 0.6) is 5.75 Å². The molecule has 0 atom stereocenters. The van der Waals surface area contributed by atoms with Gasteiger partial charge in [0.25, 0.3) is 0 Å². The van der Waals surface area contributed by atoms with E-state index in [0.29, 0.717) is 17.2 Å². The molecule has 3 heteroatoms. The number of carbonyl (C=O) groups is 1. The summed E-state index contributed by atoms with van der Waals surface area (Å²) in [6, 6.07) is 5.19. The van der Waals surface area contributed by atoms with Gasteiger partial charge in [-0.05, 0) is 30.0 Å². The molecule has 0 saturated heterocycles. The molecule has 0 aromatic heterocycles. The number of ether oxygens (including phenoxy) is 1. The van der Waals surface area contributed by atoms with Crippen LogP contribution in [-0.4, -0.2) is 18.2 Å². The first kappa shape index (κ1) is 11.6. The Balaban J connectivity index is 3.09. The zero-order valence-corrected chi connectivity index (χ0v) is 9.28. The molecule has 0 saturated carbocycles. The number of rotatable bonds is 4. The Morgan fingerprint density at radius 3 is 2.60 bits per heavy atom. The van der Waals surface area contributed by atoms with Crippen molar-refractivity contribution in [3.63, 3.8) is 0 Å². The first-order valence-corrected chi connectivity index (χ1v) is 4.94. The van der Waals surface area contributed by atoms with E-state index in [1.165, 1.54) is 7.11 Å². The number of hydrogen-bond acceptors (Lipinski definition) is 2. The van der Waals surface area contributed by atoms with Gasteiger partial charge in [0.2, 0.25) is 0 Å². The Hall–Kier alpha value is -1.51. The van der Waals surface area contributed by atoms with Crippen molar-refractivity contribution in [1.82, 2.24) is 0 Å². The Morgan fingerprint density at radius 1 is 1.47 bits per heavy atom. The summed E-state index contributed by atoms with van der Waals surface area (Å²) in [5, 5.41) is 9.04. The van der Waals surface area contributed by atoms with Crippen LogP contribution in [0.3, 0.4) is 0 Å². The van der Waals surface area contributed by atoms with Crippen LogP contribution in [0, 0.1) is 5.92 Å². The summed E-state index contributed by atoms with van der Waals surface area (Å²) < 4.78 is 5.00. The van der Waals surface area contributed by atoms with Gasteiger partial charge < -0.3 is 9.84 Å². The molecule has 0 aliphatic rings. The largest absolute Gasteiger partial charge is 0.497 e. The van der Waals surface area contributed by atoms with Crippen molar-refractivity contribution >= 4 is 5.97 Å². The normalized spacial score (nSPS) is 10.4. The highest BCUT2D eigenvalue weighted by atomic mass is 16.5. The minimum Gasteiger partial charge on any atom is -0.497 e. The molecule has 0 amide bonds. The van der Waals surface area contributed by atoms with Crippen molar-refractivity contribution in [3.8, 4) is 5.75 Å². The second-order valence-electron chi connectivity index (χ2n) is 3.93. The molecule has 1 aromatic carbocycles. The highest BCUT2D eigenvalue weighted by Crippen LogP contribution is 2.20. The lowest BCUT2D eigenvalue weighted by Gasteiger charge is -2.10. The zero-order chi connectivity index (χ0) is 11.4. The Morgan fingerprint density at radius 2 is 2.13 bits per heavy atom.